The van der Waals surface area contributed by atoms with Crippen LogP contribution in [0.15, 0.2) is 42.6 Å². The third-order valence-corrected chi connectivity index (χ3v) is 5.91. The molecule has 1 fully saturated rings. The van der Waals surface area contributed by atoms with Crippen LogP contribution in [-0.4, -0.2) is 42.6 Å². The first-order chi connectivity index (χ1) is 12.3. The maximum atomic E-state index is 12.3. The van der Waals surface area contributed by atoms with E-state index in [0.29, 0.717) is 29.1 Å². The van der Waals surface area contributed by atoms with Gasteiger partial charge in [0.05, 0.1) is 17.1 Å². The number of rotatable bonds is 5. The van der Waals surface area contributed by atoms with E-state index >= 15 is 0 Å². The number of Topliss-reactive ketones (excluding diaryl/α,β-unsaturated/α-hetero) is 1. The third kappa shape index (κ3) is 4.45. The largest absolute Gasteiger partial charge is 0.366 e. The van der Waals surface area contributed by atoms with Crippen LogP contribution >= 0.6 is 0 Å². The van der Waals surface area contributed by atoms with Crippen LogP contribution < -0.4 is 10.6 Å². The average Bonchev–Trinajstić information content (AvgIpc) is 2.94. The quantitative estimate of drug-likeness (QED) is 0.778. The van der Waals surface area contributed by atoms with Crippen LogP contribution in [0.1, 0.15) is 34.1 Å². The highest BCUT2D eigenvalue weighted by Crippen LogP contribution is 2.17. The van der Waals surface area contributed by atoms with E-state index in [1.54, 1.807) is 36.4 Å². The Labute approximate surface area is 151 Å². The van der Waals surface area contributed by atoms with Gasteiger partial charge in [-0.3, -0.25) is 9.59 Å². The van der Waals surface area contributed by atoms with Gasteiger partial charge in [-0.2, -0.15) is 0 Å². The van der Waals surface area contributed by atoms with E-state index in [-0.39, 0.29) is 29.2 Å². The molecule has 3 rings (SSSR count). The van der Waals surface area contributed by atoms with E-state index in [1.807, 2.05) is 0 Å². The van der Waals surface area contributed by atoms with Gasteiger partial charge in [-0.05, 0) is 37.6 Å². The lowest BCUT2D eigenvalue weighted by atomic mass is 10.1. The van der Waals surface area contributed by atoms with Crippen LogP contribution in [-0.2, 0) is 9.84 Å². The molecule has 2 N–H and O–H groups in total. The zero-order valence-corrected chi connectivity index (χ0v) is 15.0. The predicted molar refractivity (Wildman–Crippen MR) is 99.3 cm³/mol. The normalized spacial score (nSPS) is 18.3. The van der Waals surface area contributed by atoms with Crippen molar-refractivity contribution < 1.29 is 18.0 Å². The molecular weight excluding hydrogens is 354 g/mol. The summed E-state index contributed by atoms with van der Waals surface area (Å²) in [6.07, 6.45) is 1.98. The third-order valence-electron chi connectivity index (χ3n) is 4.14. The zero-order valence-electron chi connectivity index (χ0n) is 14.2. The van der Waals surface area contributed by atoms with Crippen LogP contribution in [0, 0.1) is 0 Å². The maximum absolute atomic E-state index is 12.3. The van der Waals surface area contributed by atoms with Crippen molar-refractivity contribution in [2.45, 2.75) is 19.4 Å². The van der Waals surface area contributed by atoms with Crippen molar-refractivity contribution in [3.63, 3.8) is 0 Å². The smallest absolute Gasteiger partial charge is 0.257 e. The number of anilines is 2. The number of ketones is 1. The van der Waals surface area contributed by atoms with Gasteiger partial charge in [-0.1, -0.05) is 12.1 Å². The Morgan fingerprint density at radius 1 is 1.15 bits per heavy atom. The summed E-state index contributed by atoms with van der Waals surface area (Å²) in [4.78, 5) is 27.9. The minimum absolute atomic E-state index is 0.0767. The SMILES string of the molecule is CC(=O)c1cccc(NC(=O)c2ccc(NC3CCS(=O)(=O)C3)nc2)c1. The number of carbonyl (C=O) groups is 2. The van der Waals surface area contributed by atoms with Gasteiger partial charge in [-0.25, -0.2) is 13.4 Å². The van der Waals surface area contributed by atoms with Gasteiger partial charge in [0.15, 0.2) is 15.6 Å². The molecule has 1 amide bonds. The fourth-order valence-corrected chi connectivity index (χ4v) is 4.42. The molecule has 1 aliphatic heterocycles. The highest BCUT2D eigenvalue weighted by molar-refractivity contribution is 7.91. The fraction of sp³-hybridized carbons (Fsp3) is 0.278. The topological polar surface area (TPSA) is 105 Å². The Morgan fingerprint density at radius 3 is 2.58 bits per heavy atom. The van der Waals surface area contributed by atoms with Gasteiger partial charge in [-0.15, -0.1) is 0 Å². The number of sulfone groups is 1. The number of amides is 1. The number of carbonyl (C=O) groups excluding carboxylic acids is 2. The van der Waals surface area contributed by atoms with Gasteiger partial charge in [0, 0.05) is 23.5 Å². The molecule has 1 saturated heterocycles. The first-order valence-corrected chi connectivity index (χ1v) is 10.00. The Hall–Kier alpha value is -2.74. The second-order valence-corrected chi connectivity index (χ2v) is 8.50. The lowest BCUT2D eigenvalue weighted by Crippen LogP contribution is -2.21. The molecule has 1 unspecified atom stereocenters. The Bertz CT molecular complexity index is 939. The summed E-state index contributed by atoms with van der Waals surface area (Å²) in [5, 5.41) is 5.80. The summed E-state index contributed by atoms with van der Waals surface area (Å²) in [7, 11) is -2.96. The number of nitrogens with zero attached hydrogens (tertiary/aromatic N) is 1. The Morgan fingerprint density at radius 2 is 1.96 bits per heavy atom. The maximum Gasteiger partial charge on any atom is 0.257 e. The number of benzene rings is 1. The number of hydrogen-bond acceptors (Lipinski definition) is 6. The number of pyridine rings is 1. The van der Waals surface area contributed by atoms with E-state index < -0.39 is 9.84 Å². The molecule has 2 aromatic rings. The molecule has 0 aliphatic carbocycles. The first kappa shape index (κ1) is 18.1. The molecule has 136 valence electrons. The second kappa shape index (κ2) is 7.25. The molecule has 1 aromatic carbocycles. The monoisotopic (exact) mass is 373 g/mol. The van der Waals surface area contributed by atoms with Crippen LogP contribution in [0.4, 0.5) is 11.5 Å². The Balaban J connectivity index is 1.64. The van der Waals surface area contributed by atoms with Gasteiger partial charge in [0.1, 0.15) is 5.82 Å². The van der Waals surface area contributed by atoms with Crippen molar-refractivity contribution in [1.82, 2.24) is 4.98 Å². The lowest BCUT2D eigenvalue weighted by Gasteiger charge is -2.12. The predicted octanol–water partition coefficient (Wildman–Crippen LogP) is 2.14. The first-order valence-electron chi connectivity index (χ1n) is 8.18. The van der Waals surface area contributed by atoms with E-state index in [4.69, 9.17) is 0 Å². The minimum Gasteiger partial charge on any atom is -0.366 e. The molecule has 0 bridgehead atoms. The molecule has 1 atom stereocenters. The van der Waals surface area contributed by atoms with Crippen LogP contribution in [0.3, 0.4) is 0 Å². The molecule has 7 nitrogen and oxygen atoms in total. The van der Waals surface area contributed by atoms with E-state index in [1.165, 1.54) is 13.1 Å². The Kier molecular flexibility index (Phi) is 5.03. The van der Waals surface area contributed by atoms with E-state index in [9.17, 15) is 18.0 Å². The van der Waals surface area contributed by atoms with Gasteiger partial charge in [0.25, 0.3) is 5.91 Å². The standard InChI is InChI=1S/C18H19N3O4S/c1-12(22)13-3-2-4-15(9-13)21-18(23)14-5-6-17(19-10-14)20-16-7-8-26(24,25)11-16/h2-6,9-10,16H,7-8,11H2,1H3,(H,19,20)(H,21,23). The summed E-state index contributed by atoms with van der Waals surface area (Å²) < 4.78 is 23.0. The molecule has 0 spiro atoms. The van der Waals surface area contributed by atoms with Gasteiger partial charge >= 0.3 is 0 Å². The molecule has 1 aliphatic rings. The van der Waals surface area contributed by atoms with Crippen molar-refractivity contribution in [2.24, 2.45) is 0 Å². The molecular formula is C18H19N3O4S. The van der Waals surface area contributed by atoms with Gasteiger partial charge in [0.2, 0.25) is 0 Å². The fourth-order valence-electron chi connectivity index (χ4n) is 2.75. The highest BCUT2D eigenvalue weighted by Gasteiger charge is 2.27. The summed E-state index contributed by atoms with van der Waals surface area (Å²) in [6, 6.07) is 9.81. The van der Waals surface area contributed by atoms with Crippen molar-refractivity contribution in [2.75, 3.05) is 22.1 Å². The average molecular weight is 373 g/mol. The van der Waals surface area contributed by atoms with Crippen LogP contribution in [0.2, 0.25) is 0 Å². The highest BCUT2D eigenvalue weighted by atomic mass is 32.2. The summed E-state index contributed by atoms with van der Waals surface area (Å²) in [6.45, 7) is 1.46. The lowest BCUT2D eigenvalue weighted by molar-refractivity contribution is 0.101. The summed E-state index contributed by atoms with van der Waals surface area (Å²) in [5.41, 5.74) is 1.41. The molecule has 0 saturated carbocycles. The molecule has 2 heterocycles. The summed E-state index contributed by atoms with van der Waals surface area (Å²) >= 11 is 0. The second-order valence-electron chi connectivity index (χ2n) is 6.27. The zero-order chi connectivity index (χ0) is 18.7. The van der Waals surface area contributed by atoms with Crippen LogP contribution in [0.25, 0.3) is 0 Å². The van der Waals surface area contributed by atoms with Crippen LogP contribution in [0.5, 0.6) is 0 Å². The van der Waals surface area contributed by atoms with Crippen molar-refractivity contribution >= 4 is 33.0 Å². The number of hydrogen-bond donors (Lipinski definition) is 2. The molecule has 0 radical (unpaired) electrons. The van der Waals surface area contributed by atoms with Crippen molar-refractivity contribution in [3.05, 3.63) is 53.7 Å². The number of aromatic nitrogens is 1. The minimum atomic E-state index is -2.96. The number of nitrogens with one attached hydrogen (secondary N) is 2. The summed E-state index contributed by atoms with van der Waals surface area (Å²) in [5.74, 6) is 0.399. The van der Waals surface area contributed by atoms with Gasteiger partial charge < -0.3 is 10.6 Å². The van der Waals surface area contributed by atoms with Crippen molar-refractivity contribution in [3.8, 4) is 0 Å². The van der Waals surface area contributed by atoms with E-state index in [0.717, 1.165) is 0 Å². The molecule has 26 heavy (non-hydrogen) atoms. The molecule has 1 aromatic heterocycles. The van der Waals surface area contributed by atoms with Crippen molar-refractivity contribution in [1.29, 1.82) is 0 Å². The van der Waals surface area contributed by atoms with E-state index in [2.05, 4.69) is 15.6 Å². The molecule has 8 heteroatoms.